The van der Waals surface area contributed by atoms with Crippen LogP contribution in [0.25, 0.3) is 10.8 Å². The Kier molecular flexibility index (Phi) is 3.36. The smallest absolute Gasteiger partial charge is 0.265 e. The summed E-state index contributed by atoms with van der Waals surface area (Å²) in [5, 5.41) is 5.13. The van der Waals surface area contributed by atoms with Crippen molar-refractivity contribution in [2.45, 2.75) is 0 Å². The molecule has 94 valence electrons. The highest BCUT2D eigenvalue weighted by Crippen LogP contribution is 2.26. The van der Waals surface area contributed by atoms with Crippen molar-refractivity contribution in [1.82, 2.24) is 0 Å². The third kappa shape index (κ3) is 2.55. The highest BCUT2D eigenvalue weighted by Gasteiger charge is 2.10. The molecule has 0 aliphatic heterocycles. The van der Waals surface area contributed by atoms with Gasteiger partial charge < -0.3 is 5.32 Å². The van der Waals surface area contributed by atoms with Crippen LogP contribution in [0.15, 0.2) is 58.4 Å². The van der Waals surface area contributed by atoms with Gasteiger partial charge in [0, 0.05) is 11.1 Å². The van der Waals surface area contributed by atoms with Crippen LogP contribution >= 0.6 is 27.3 Å². The van der Waals surface area contributed by atoms with Gasteiger partial charge in [-0.2, -0.15) is 0 Å². The van der Waals surface area contributed by atoms with Crippen molar-refractivity contribution in [2.75, 3.05) is 5.32 Å². The zero-order chi connectivity index (χ0) is 13.2. The zero-order valence-corrected chi connectivity index (χ0v) is 12.3. The van der Waals surface area contributed by atoms with Gasteiger partial charge in [0.15, 0.2) is 0 Å². The maximum Gasteiger partial charge on any atom is 0.265 e. The summed E-state index contributed by atoms with van der Waals surface area (Å²) in [6.07, 6.45) is 0. The van der Waals surface area contributed by atoms with Crippen LogP contribution in [0.3, 0.4) is 0 Å². The van der Waals surface area contributed by atoms with E-state index < -0.39 is 0 Å². The average Bonchev–Trinajstić information content (AvgIpc) is 2.86. The number of anilines is 1. The van der Waals surface area contributed by atoms with Crippen molar-refractivity contribution in [1.29, 1.82) is 0 Å². The van der Waals surface area contributed by atoms with Crippen molar-refractivity contribution < 1.29 is 4.79 Å². The molecular weight excluding hydrogens is 322 g/mol. The van der Waals surface area contributed by atoms with E-state index in [4.69, 9.17) is 0 Å². The molecule has 1 amide bonds. The summed E-state index contributed by atoms with van der Waals surface area (Å²) < 4.78 is 0.954. The highest BCUT2D eigenvalue weighted by molar-refractivity contribution is 9.11. The van der Waals surface area contributed by atoms with E-state index in [0.717, 1.165) is 20.2 Å². The molecule has 1 heterocycles. The number of thiophene rings is 1. The van der Waals surface area contributed by atoms with E-state index in [1.165, 1.54) is 11.3 Å². The van der Waals surface area contributed by atoms with Crippen LogP contribution in [0.4, 0.5) is 5.69 Å². The lowest BCUT2D eigenvalue weighted by molar-refractivity contribution is 0.103. The molecule has 0 saturated carbocycles. The van der Waals surface area contributed by atoms with E-state index in [1.807, 2.05) is 54.6 Å². The van der Waals surface area contributed by atoms with Gasteiger partial charge in [-0.3, -0.25) is 4.79 Å². The molecule has 0 aliphatic carbocycles. The van der Waals surface area contributed by atoms with Crippen LogP contribution in [-0.4, -0.2) is 5.91 Å². The number of nitrogens with one attached hydrogen (secondary N) is 1. The first-order valence-corrected chi connectivity index (χ1v) is 7.39. The number of amides is 1. The normalized spacial score (nSPS) is 10.6. The Bertz CT molecular complexity index is 745. The lowest BCUT2D eigenvalue weighted by Crippen LogP contribution is -2.10. The molecule has 4 heteroatoms. The number of hydrogen-bond donors (Lipinski definition) is 1. The summed E-state index contributed by atoms with van der Waals surface area (Å²) in [4.78, 5) is 12.8. The van der Waals surface area contributed by atoms with Crippen LogP contribution in [0.1, 0.15) is 9.67 Å². The molecule has 2 aromatic carbocycles. The first kappa shape index (κ1) is 12.4. The molecule has 0 atom stereocenters. The lowest BCUT2D eigenvalue weighted by Gasteiger charge is -2.07. The number of carbonyl (C=O) groups is 1. The van der Waals surface area contributed by atoms with Gasteiger partial charge in [0.05, 0.1) is 8.66 Å². The quantitative estimate of drug-likeness (QED) is 0.709. The number of carbonyl (C=O) groups excluding carboxylic acids is 1. The largest absolute Gasteiger partial charge is 0.321 e. The highest BCUT2D eigenvalue weighted by atomic mass is 79.9. The second-order valence-electron chi connectivity index (χ2n) is 4.08. The molecular formula is C15H10BrNOS. The first-order valence-electron chi connectivity index (χ1n) is 5.78. The van der Waals surface area contributed by atoms with Gasteiger partial charge in [-0.05, 0) is 39.5 Å². The Morgan fingerprint density at radius 3 is 2.58 bits per heavy atom. The molecule has 0 fully saturated rings. The van der Waals surface area contributed by atoms with Gasteiger partial charge in [-0.1, -0.05) is 36.4 Å². The van der Waals surface area contributed by atoms with E-state index in [0.29, 0.717) is 4.88 Å². The Balaban J connectivity index is 1.95. The molecule has 2 nitrogen and oxygen atoms in total. The van der Waals surface area contributed by atoms with Gasteiger partial charge in [0.25, 0.3) is 5.91 Å². The molecule has 19 heavy (non-hydrogen) atoms. The summed E-state index contributed by atoms with van der Waals surface area (Å²) in [5.74, 6) is -0.0768. The molecule has 1 N–H and O–H groups in total. The molecule has 0 saturated heterocycles. The van der Waals surface area contributed by atoms with Crippen molar-refractivity contribution in [3.63, 3.8) is 0 Å². The van der Waals surface area contributed by atoms with Gasteiger partial charge in [-0.25, -0.2) is 0 Å². The fourth-order valence-corrected chi connectivity index (χ4v) is 3.24. The van der Waals surface area contributed by atoms with Crippen LogP contribution in [-0.2, 0) is 0 Å². The fourth-order valence-electron chi connectivity index (χ4n) is 1.95. The monoisotopic (exact) mass is 331 g/mol. The summed E-state index contributed by atoms with van der Waals surface area (Å²) in [6, 6.07) is 17.6. The second-order valence-corrected chi connectivity index (χ2v) is 6.55. The number of hydrogen-bond acceptors (Lipinski definition) is 2. The lowest BCUT2D eigenvalue weighted by atomic mass is 10.1. The number of rotatable bonds is 2. The maximum absolute atomic E-state index is 12.1. The number of fused-ring (bicyclic) bond motifs is 1. The second kappa shape index (κ2) is 5.15. The third-order valence-corrected chi connectivity index (χ3v) is 4.46. The topological polar surface area (TPSA) is 29.1 Å². The fraction of sp³-hybridized carbons (Fsp3) is 0. The minimum absolute atomic E-state index is 0.0768. The van der Waals surface area contributed by atoms with Crippen LogP contribution in [0.2, 0.25) is 0 Å². The number of halogens is 1. The van der Waals surface area contributed by atoms with E-state index in [2.05, 4.69) is 21.2 Å². The summed E-state index contributed by atoms with van der Waals surface area (Å²) in [7, 11) is 0. The standard InChI is InChI=1S/C15H10BrNOS/c16-14-9-8-13(19-14)15(18)17-12-7-3-5-10-4-1-2-6-11(10)12/h1-9H,(H,17,18). The molecule has 0 spiro atoms. The third-order valence-electron chi connectivity index (χ3n) is 2.83. The Morgan fingerprint density at radius 1 is 1.00 bits per heavy atom. The van der Waals surface area contributed by atoms with Crippen LogP contribution in [0.5, 0.6) is 0 Å². The molecule has 0 radical (unpaired) electrons. The minimum atomic E-state index is -0.0768. The van der Waals surface area contributed by atoms with Gasteiger partial charge in [0.2, 0.25) is 0 Å². The Hall–Kier alpha value is -1.65. The van der Waals surface area contributed by atoms with Crippen molar-refractivity contribution in [3.8, 4) is 0 Å². The average molecular weight is 332 g/mol. The molecule has 3 aromatic rings. The van der Waals surface area contributed by atoms with Crippen molar-refractivity contribution in [2.24, 2.45) is 0 Å². The van der Waals surface area contributed by atoms with E-state index in [9.17, 15) is 4.79 Å². The Labute approximate surface area is 123 Å². The minimum Gasteiger partial charge on any atom is -0.321 e. The SMILES string of the molecule is O=C(Nc1cccc2ccccc12)c1ccc(Br)s1. The van der Waals surface area contributed by atoms with Gasteiger partial charge in [-0.15, -0.1) is 11.3 Å². The molecule has 3 rings (SSSR count). The predicted molar refractivity (Wildman–Crippen MR) is 83.9 cm³/mol. The zero-order valence-electron chi connectivity index (χ0n) is 9.89. The first-order chi connectivity index (χ1) is 9.24. The Morgan fingerprint density at radius 2 is 1.79 bits per heavy atom. The van der Waals surface area contributed by atoms with E-state index >= 15 is 0 Å². The molecule has 1 aromatic heterocycles. The molecule has 0 aliphatic rings. The van der Waals surface area contributed by atoms with Crippen LogP contribution in [0, 0.1) is 0 Å². The summed E-state index contributed by atoms with van der Waals surface area (Å²) in [5.41, 5.74) is 0.840. The van der Waals surface area contributed by atoms with Crippen LogP contribution < -0.4 is 5.32 Å². The number of benzene rings is 2. The van der Waals surface area contributed by atoms with Gasteiger partial charge in [0.1, 0.15) is 0 Å². The van der Waals surface area contributed by atoms with E-state index in [-0.39, 0.29) is 5.91 Å². The summed E-state index contributed by atoms with van der Waals surface area (Å²) >= 11 is 4.79. The van der Waals surface area contributed by atoms with Crippen molar-refractivity contribution in [3.05, 3.63) is 63.3 Å². The van der Waals surface area contributed by atoms with Gasteiger partial charge >= 0.3 is 0 Å². The van der Waals surface area contributed by atoms with E-state index in [1.54, 1.807) is 0 Å². The molecule has 0 unspecified atom stereocenters. The predicted octanol–water partition coefficient (Wildman–Crippen LogP) is 4.92. The van der Waals surface area contributed by atoms with Crippen molar-refractivity contribution >= 4 is 49.6 Å². The maximum atomic E-state index is 12.1. The molecule has 0 bridgehead atoms. The summed E-state index contributed by atoms with van der Waals surface area (Å²) in [6.45, 7) is 0.